The standard InChI is InChI=1S/C38H54ClN3O10S/c1-10-25(41(6)31(43)15-16-53-11-2)35(45)51-30-20-32(44)42(7)26-18-24(19-27(48-8)33(26)39)17-22(3)13-12-14-29(49-9)38(47)21-28(50-36(46)40-38)23(4)34-37(30,5)52-34/h12-14,18-19,23,25,28-30,34,47H,10-11,15-17,20-21H2,1-9H3,(H,40,46)/b14-12+,22-13+/t23-,25-,28+,29?,30+,34+,37+,38+/m1/s1. The topological polar surface area (TPSA) is 156 Å². The fourth-order valence-corrected chi connectivity index (χ4v) is 8.00. The minimum absolute atomic E-state index is 0.0429. The Hall–Kier alpha value is -3.30. The lowest BCUT2D eigenvalue weighted by atomic mass is 9.83. The number of fused-ring (bicyclic) bond motifs is 5. The Morgan fingerprint density at radius 2 is 1.96 bits per heavy atom. The number of anilines is 1. The Morgan fingerprint density at radius 3 is 2.60 bits per heavy atom. The van der Waals surface area contributed by atoms with Crippen molar-refractivity contribution in [2.45, 2.75) is 109 Å². The number of hydrogen-bond donors (Lipinski definition) is 2. The number of epoxide rings is 1. The molecule has 53 heavy (non-hydrogen) atoms. The number of likely N-dealkylation sites (N-methyl/N-ethyl adjacent to an activating group) is 1. The summed E-state index contributed by atoms with van der Waals surface area (Å²) in [7, 11) is 6.10. The smallest absolute Gasteiger partial charge is 0.409 e. The van der Waals surface area contributed by atoms with E-state index in [1.807, 2.05) is 26.8 Å². The lowest BCUT2D eigenvalue weighted by Gasteiger charge is -2.42. The van der Waals surface area contributed by atoms with Gasteiger partial charge in [-0.15, -0.1) is 0 Å². The van der Waals surface area contributed by atoms with Crippen molar-refractivity contribution in [1.82, 2.24) is 10.2 Å². The minimum atomic E-state index is -1.82. The zero-order chi connectivity index (χ0) is 39.2. The van der Waals surface area contributed by atoms with Crippen molar-refractivity contribution < 1.29 is 48.0 Å². The SMILES string of the molecule is CCSCCC(=O)N(C)[C@H](CC)C(=O)O[C@H]1CC(=O)N(C)c2cc(cc(OC)c2Cl)C/C(C)=C/C=C/C(OC)[C@@]2(O)C[C@H](OC(=O)N2)[C@@H](C)[C@@H]2O[C@@]12C. The predicted molar refractivity (Wildman–Crippen MR) is 203 cm³/mol. The van der Waals surface area contributed by atoms with Gasteiger partial charge in [0.25, 0.3) is 0 Å². The molecule has 2 N–H and O–H groups in total. The molecule has 3 aliphatic rings. The summed E-state index contributed by atoms with van der Waals surface area (Å²) >= 11 is 8.41. The van der Waals surface area contributed by atoms with Crippen LogP contribution in [0.2, 0.25) is 5.02 Å². The van der Waals surface area contributed by atoms with E-state index in [1.165, 1.54) is 24.0 Å². The van der Waals surface area contributed by atoms with Crippen LogP contribution in [0.25, 0.3) is 0 Å². The number of esters is 1. The molecule has 0 saturated carbocycles. The van der Waals surface area contributed by atoms with E-state index in [2.05, 4.69) is 5.32 Å². The van der Waals surface area contributed by atoms with Crippen molar-refractivity contribution in [1.29, 1.82) is 0 Å². The molecule has 0 spiro atoms. The van der Waals surface area contributed by atoms with Gasteiger partial charge in [0, 0.05) is 45.7 Å². The van der Waals surface area contributed by atoms with E-state index >= 15 is 0 Å². The molecule has 15 heteroatoms. The third kappa shape index (κ3) is 9.69. The van der Waals surface area contributed by atoms with Gasteiger partial charge in [-0.05, 0) is 50.1 Å². The second-order valence-electron chi connectivity index (χ2n) is 14.1. The fourth-order valence-electron chi connectivity index (χ4n) is 7.08. The Morgan fingerprint density at radius 1 is 1.25 bits per heavy atom. The monoisotopic (exact) mass is 779 g/mol. The number of amides is 3. The molecule has 0 radical (unpaired) electrons. The molecule has 4 bridgehead atoms. The number of thioether (sulfide) groups is 1. The number of hydrogen-bond acceptors (Lipinski definition) is 11. The van der Waals surface area contributed by atoms with E-state index in [1.54, 1.807) is 64.0 Å². The van der Waals surface area contributed by atoms with Crippen LogP contribution in [-0.2, 0) is 39.8 Å². The Labute approximate surface area is 321 Å². The summed E-state index contributed by atoms with van der Waals surface area (Å²) in [5.41, 5.74) is -0.873. The molecule has 4 rings (SSSR count). The van der Waals surface area contributed by atoms with Crippen molar-refractivity contribution in [2.24, 2.45) is 5.92 Å². The highest BCUT2D eigenvalue weighted by molar-refractivity contribution is 7.99. The van der Waals surface area contributed by atoms with E-state index in [0.717, 1.165) is 16.9 Å². The Balaban J connectivity index is 1.76. The fraction of sp³-hybridized carbons (Fsp3) is 0.632. The van der Waals surface area contributed by atoms with Crippen LogP contribution in [0.3, 0.4) is 0 Å². The number of alkyl carbamates (subject to hydrolysis) is 1. The number of methoxy groups -OCH3 is 2. The van der Waals surface area contributed by atoms with Gasteiger partial charge in [-0.1, -0.05) is 56.2 Å². The van der Waals surface area contributed by atoms with Crippen LogP contribution in [0.5, 0.6) is 5.75 Å². The van der Waals surface area contributed by atoms with Crippen LogP contribution < -0.4 is 15.0 Å². The quantitative estimate of drug-likeness (QED) is 0.186. The zero-order valence-electron chi connectivity index (χ0n) is 32.1. The van der Waals surface area contributed by atoms with E-state index in [-0.39, 0.29) is 36.6 Å². The summed E-state index contributed by atoms with van der Waals surface area (Å²) in [4.78, 5) is 56.8. The lowest BCUT2D eigenvalue weighted by Crippen LogP contribution is -2.63. The number of carbonyl (C=O) groups excluding carboxylic acids is 4. The number of ether oxygens (including phenoxy) is 5. The van der Waals surface area contributed by atoms with Crippen LogP contribution >= 0.6 is 23.4 Å². The molecule has 3 amide bonds. The first kappa shape index (κ1) is 42.4. The van der Waals surface area contributed by atoms with Gasteiger partial charge in [0.15, 0.2) is 5.72 Å². The molecule has 3 aliphatic heterocycles. The van der Waals surface area contributed by atoms with Gasteiger partial charge in [-0.2, -0.15) is 11.8 Å². The van der Waals surface area contributed by atoms with Gasteiger partial charge in [-0.25, -0.2) is 9.59 Å². The number of halogens is 1. The van der Waals surface area contributed by atoms with Crippen LogP contribution in [0.15, 0.2) is 35.9 Å². The number of benzene rings is 1. The molecule has 8 atom stereocenters. The van der Waals surface area contributed by atoms with Crippen LogP contribution in [0.1, 0.15) is 65.9 Å². The summed E-state index contributed by atoms with van der Waals surface area (Å²) < 4.78 is 29.4. The molecule has 1 unspecified atom stereocenters. The first-order chi connectivity index (χ1) is 25.0. The van der Waals surface area contributed by atoms with E-state index < -0.39 is 65.7 Å². The first-order valence-corrected chi connectivity index (χ1v) is 19.5. The Kier molecular flexibility index (Phi) is 14.3. The molecule has 13 nitrogen and oxygen atoms in total. The van der Waals surface area contributed by atoms with Gasteiger partial charge in [-0.3, -0.25) is 14.9 Å². The highest BCUT2D eigenvalue weighted by atomic mass is 35.5. The van der Waals surface area contributed by atoms with Crippen molar-refractivity contribution in [3.63, 3.8) is 0 Å². The maximum absolute atomic E-state index is 14.2. The molecule has 2 saturated heterocycles. The average Bonchev–Trinajstić information content (AvgIpc) is 3.81. The number of allylic oxidation sites excluding steroid dienone is 3. The van der Waals surface area contributed by atoms with Gasteiger partial charge in [0.2, 0.25) is 11.8 Å². The van der Waals surface area contributed by atoms with Gasteiger partial charge >= 0.3 is 12.1 Å². The molecule has 3 heterocycles. The Bertz CT molecular complexity index is 1590. The molecule has 294 valence electrons. The third-order valence-electron chi connectivity index (χ3n) is 10.4. The maximum Gasteiger partial charge on any atom is 0.409 e. The predicted octanol–water partition coefficient (Wildman–Crippen LogP) is 5.05. The third-order valence-corrected chi connectivity index (χ3v) is 11.7. The van der Waals surface area contributed by atoms with Crippen LogP contribution in [0, 0.1) is 5.92 Å². The maximum atomic E-state index is 14.2. The molecule has 1 aromatic carbocycles. The number of nitrogens with zero attached hydrogens (tertiary/aromatic N) is 2. The van der Waals surface area contributed by atoms with Crippen LogP contribution in [0.4, 0.5) is 10.5 Å². The van der Waals surface area contributed by atoms with Crippen molar-refractivity contribution >= 4 is 52.9 Å². The molecule has 0 aliphatic carbocycles. The van der Waals surface area contributed by atoms with Gasteiger partial charge < -0.3 is 38.6 Å². The number of rotatable bonds is 10. The lowest BCUT2D eigenvalue weighted by molar-refractivity contribution is -0.162. The van der Waals surface area contributed by atoms with E-state index in [0.29, 0.717) is 23.6 Å². The van der Waals surface area contributed by atoms with Crippen molar-refractivity contribution in [3.05, 3.63) is 46.5 Å². The highest BCUT2D eigenvalue weighted by Crippen LogP contribution is 2.49. The molecule has 2 fully saturated rings. The minimum Gasteiger partial charge on any atom is -0.495 e. The summed E-state index contributed by atoms with van der Waals surface area (Å²) in [6.45, 7) is 9.28. The molecule has 1 aromatic rings. The summed E-state index contributed by atoms with van der Waals surface area (Å²) in [5, 5.41) is 14.5. The number of aliphatic hydroxyl groups is 1. The van der Waals surface area contributed by atoms with E-state index in [9.17, 15) is 24.3 Å². The molecular weight excluding hydrogens is 726 g/mol. The van der Waals surface area contributed by atoms with Crippen LogP contribution in [-0.4, -0.2) is 115 Å². The summed E-state index contributed by atoms with van der Waals surface area (Å²) in [5.74, 6) is 0.0803. The largest absolute Gasteiger partial charge is 0.495 e. The zero-order valence-corrected chi connectivity index (χ0v) is 33.7. The van der Waals surface area contributed by atoms with Gasteiger partial charge in [0.1, 0.15) is 40.7 Å². The normalized spacial score (nSPS) is 31.2. The number of carbonyl (C=O) groups is 4. The van der Waals surface area contributed by atoms with Crippen molar-refractivity contribution in [2.75, 3.05) is 44.7 Å². The summed E-state index contributed by atoms with van der Waals surface area (Å²) in [6, 6.07) is 2.70. The summed E-state index contributed by atoms with van der Waals surface area (Å²) in [6.07, 6.45) is 1.59. The molecule has 0 aromatic heterocycles. The number of nitrogens with one attached hydrogen (secondary N) is 1. The molecular formula is C38H54ClN3O10S. The van der Waals surface area contributed by atoms with Crippen molar-refractivity contribution in [3.8, 4) is 5.75 Å². The average molecular weight is 780 g/mol. The van der Waals surface area contributed by atoms with E-state index in [4.69, 9.17) is 35.3 Å². The second kappa shape index (κ2) is 17.9. The second-order valence-corrected chi connectivity index (χ2v) is 15.9. The first-order valence-electron chi connectivity index (χ1n) is 18.0. The highest BCUT2D eigenvalue weighted by Gasteiger charge is 2.64. The van der Waals surface area contributed by atoms with Gasteiger partial charge in [0.05, 0.1) is 25.3 Å².